The molecule has 154 valence electrons. The molecule has 6 heteroatoms. The van der Waals surface area contributed by atoms with Crippen LogP contribution in [0.1, 0.15) is 18.2 Å². The molecular formula is C25H18S6. The first-order valence-corrected chi connectivity index (χ1v) is 15.2. The predicted octanol–water partition coefficient (Wildman–Crippen LogP) is 10.5. The third kappa shape index (κ3) is 3.45. The van der Waals surface area contributed by atoms with Gasteiger partial charge in [-0.15, -0.1) is 68.4 Å². The van der Waals surface area contributed by atoms with Gasteiger partial charge in [0.1, 0.15) is 0 Å². The van der Waals surface area contributed by atoms with Crippen molar-refractivity contribution in [2.75, 3.05) is 0 Å². The van der Waals surface area contributed by atoms with Gasteiger partial charge in [0, 0.05) is 46.6 Å². The normalized spacial score (nSPS) is 18.2. The Bertz CT molecular complexity index is 1350. The maximum Gasteiger partial charge on any atom is 0.0555 e. The molecule has 0 aromatic carbocycles. The fourth-order valence-corrected chi connectivity index (χ4v) is 10.1. The van der Waals surface area contributed by atoms with Crippen LogP contribution in [0.2, 0.25) is 0 Å². The van der Waals surface area contributed by atoms with E-state index in [0.717, 1.165) is 6.42 Å². The second kappa shape index (κ2) is 8.18. The van der Waals surface area contributed by atoms with Crippen molar-refractivity contribution in [2.45, 2.75) is 18.1 Å². The van der Waals surface area contributed by atoms with Crippen molar-refractivity contribution >= 4 is 68.4 Å². The van der Waals surface area contributed by atoms with E-state index in [1.807, 2.05) is 68.4 Å². The Balaban J connectivity index is 1.46. The molecule has 0 saturated carbocycles. The van der Waals surface area contributed by atoms with Crippen LogP contribution in [-0.2, 0) is 4.75 Å². The minimum Gasteiger partial charge on any atom is -0.147 e. The molecule has 1 unspecified atom stereocenters. The van der Waals surface area contributed by atoms with Crippen molar-refractivity contribution in [1.82, 2.24) is 0 Å². The molecule has 0 amide bonds. The topological polar surface area (TPSA) is 0 Å². The van der Waals surface area contributed by atoms with E-state index in [9.17, 15) is 0 Å². The average Bonchev–Trinajstić information content (AvgIpc) is 3.59. The SMILES string of the molecule is CC1(c2sccc2-c2sccc2-c2sccc2-c2sccc2-c2cccs2)CC=CS1. The van der Waals surface area contributed by atoms with Crippen LogP contribution in [0.5, 0.6) is 0 Å². The van der Waals surface area contributed by atoms with Crippen LogP contribution in [-0.4, -0.2) is 0 Å². The van der Waals surface area contributed by atoms with Gasteiger partial charge in [0.25, 0.3) is 0 Å². The van der Waals surface area contributed by atoms with Gasteiger partial charge in [-0.05, 0) is 76.0 Å². The van der Waals surface area contributed by atoms with Crippen molar-refractivity contribution in [1.29, 1.82) is 0 Å². The minimum atomic E-state index is 0.156. The van der Waals surface area contributed by atoms with Gasteiger partial charge in [-0.3, -0.25) is 0 Å². The summed E-state index contributed by atoms with van der Waals surface area (Å²) >= 11 is 11.3. The highest BCUT2D eigenvalue weighted by Crippen LogP contribution is 2.54. The van der Waals surface area contributed by atoms with Gasteiger partial charge in [-0.1, -0.05) is 12.1 Å². The lowest BCUT2D eigenvalue weighted by Gasteiger charge is -2.23. The molecule has 1 atom stereocenters. The Labute approximate surface area is 206 Å². The first-order valence-electron chi connectivity index (χ1n) is 9.93. The molecule has 1 aliphatic heterocycles. The van der Waals surface area contributed by atoms with Crippen LogP contribution < -0.4 is 0 Å². The Morgan fingerprint density at radius 1 is 0.645 bits per heavy atom. The van der Waals surface area contributed by atoms with E-state index in [2.05, 4.69) is 81.7 Å². The van der Waals surface area contributed by atoms with Crippen LogP contribution in [0, 0.1) is 0 Å². The van der Waals surface area contributed by atoms with Gasteiger partial charge in [0.15, 0.2) is 0 Å². The Hall–Kier alpha value is -1.41. The third-order valence-corrected chi connectivity index (χ3v) is 11.9. The van der Waals surface area contributed by atoms with Crippen molar-refractivity contribution < 1.29 is 0 Å². The van der Waals surface area contributed by atoms with E-state index in [4.69, 9.17) is 0 Å². The molecule has 5 aromatic rings. The summed E-state index contributed by atoms with van der Waals surface area (Å²) < 4.78 is 0.156. The molecule has 0 nitrogen and oxygen atoms in total. The van der Waals surface area contributed by atoms with E-state index >= 15 is 0 Å². The molecule has 31 heavy (non-hydrogen) atoms. The summed E-state index contributed by atoms with van der Waals surface area (Å²) in [6.45, 7) is 2.38. The lowest BCUT2D eigenvalue weighted by atomic mass is 9.98. The summed E-state index contributed by atoms with van der Waals surface area (Å²) in [7, 11) is 0. The molecule has 1 aliphatic rings. The highest BCUT2D eigenvalue weighted by molar-refractivity contribution is 8.03. The van der Waals surface area contributed by atoms with E-state index < -0.39 is 0 Å². The maximum absolute atomic E-state index is 2.38. The smallest absolute Gasteiger partial charge is 0.0555 e. The lowest BCUT2D eigenvalue weighted by Crippen LogP contribution is -2.11. The van der Waals surface area contributed by atoms with Crippen molar-refractivity contribution in [3.63, 3.8) is 0 Å². The third-order valence-electron chi connectivity index (χ3n) is 5.59. The zero-order valence-corrected chi connectivity index (χ0v) is 21.6. The number of thioether (sulfide) groups is 1. The molecular weight excluding hydrogens is 493 g/mol. The van der Waals surface area contributed by atoms with Crippen LogP contribution in [0.15, 0.2) is 74.8 Å². The summed E-state index contributed by atoms with van der Waals surface area (Å²) in [5.41, 5.74) is 5.51. The first kappa shape index (κ1) is 20.2. The average molecular weight is 511 g/mol. The van der Waals surface area contributed by atoms with Gasteiger partial charge < -0.3 is 0 Å². The molecule has 0 radical (unpaired) electrons. The van der Waals surface area contributed by atoms with Gasteiger partial charge >= 0.3 is 0 Å². The first-order chi connectivity index (χ1) is 15.2. The maximum atomic E-state index is 2.38. The van der Waals surface area contributed by atoms with E-state index in [-0.39, 0.29) is 4.75 Å². The molecule has 0 bridgehead atoms. The Morgan fingerprint density at radius 2 is 1.26 bits per heavy atom. The number of rotatable bonds is 5. The predicted molar refractivity (Wildman–Crippen MR) is 146 cm³/mol. The summed E-state index contributed by atoms with van der Waals surface area (Å²) in [4.78, 5) is 7.01. The summed E-state index contributed by atoms with van der Waals surface area (Å²) in [6.07, 6.45) is 3.42. The number of allylic oxidation sites excluding steroid dienone is 1. The molecule has 5 aromatic heterocycles. The van der Waals surface area contributed by atoms with Gasteiger partial charge in [-0.25, -0.2) is 0 Å². The zero-order valence-electron chi connectivity index (χ0n) is 16.7. The number of hydrogen-bond acceptors (Lipinski definition) is 6. The van der Waals surface area contributed by atoms with Gasteiger partial charge in [-0.2, -0.15) is 0 Å². The molecule has 6 heterocycles. The zero-order chi connectivity index (χ0) is 20.8. The van der Waals surface area contributed by atoms with Gasteiger partial charge in [0.05, 0.1) is 4.75 Å². The Kier molecular flexibility index (Phi) is 5.33. The van der Waals surface area contributed by atoms with E-state index in [1.54, 1.807) is 0 Å². The van der Waals surface area contributed by atoms with E-state index in [1.165, 1.54) is 46.6 Å². The van der Waals surface area contributed by atoms with Gasteiger partial charge in [0.2, 0.25) is 0 Å². The number of thiophene rings is 5. The fraction of sp³-hybridized carbons (Fsp3) is 0.120. The van der Waals surface area contributed by atoms with Crippen LogP contribution in [0.4, 0.5) is 0 Å². The fourth-order valence-electron chi connectivity index (χ4n) is 4.10. The summed E-state index contributed by atoms with van der Waals surface area (Å²) in [5, 5.41) is 13.4. The molecule has 0 fully saturated rings. The molecule has 0 aliphatic carbocycles. The Morgan fingerprint density at radius 3 is 1.90 bits per heavy atom. The summed E-state index contributed by atoms with van der Waals surface area (Å²) in [6, 6.07) is 13.6. The largest absolute Gasteiger partial charge is 0.147 e. The monoisotopic (exact) mass is 510 g/mol. The summed E-state index contributed by atoms with van der Waals surface area (Å²) in [5.74, 6) is 0. The minimum absolute atomic E-state index is 0.156. The standard InChI is InChI=1S/C25H18S6/c1-25(9-3-11-31-25)24-19(8-15-30-24)23-18(7-14-29-23)22-17(6-13-28-22)21-16(5-12-27-21)20-4-2-10-26-20/h2-8,10-15H,9H2,1H3. The molecule has 6 rings (SSSR count). The second-order valence-corrected chi connectivity index (χ2v) is 13.6. The van der Waals surface area contributed by atoms with Crippen LogP contribution >= 0.6 is 68.4 Å². The number of hydrogen-bond donors (Lipinski definition) is 0. The van der Waals surface area contributed by atoms with E-state index in [0.29, 0.717) is 0 Å². The van der Waals surface area contributed by atoms with Crippen molar-refractivity contribution in [2.24, 2.45) is 0 Å². The second-order valence-electron chi connectivity index (χ2n) is 7.56. The molecule has 0 spiro atoms. The molecule has 0 saturated heterocycles. The van der Waals surface area contributed by atoms with Crippen molar-refractivity contribution in [3.05, 3.63) is 79.7 Å². The van der Waals surface area contributed by atoms with Crippen LogP contribution in [0.25, 0.3) is 41.8 Å². The molecule has 0 N–H and O–H groups in total. The lowest BCUT2D eigenvalue weighted by molar-refractivity contribution is 0.737. The van der Waals surface area contributed by atoms with Crippen LogP contribution in [0.3, 0.4) is 0 Å². The van der Waals surface area contributed by atoms with Crippen molar-refractivity contribution in [3.8, 4) is 41.8 Å². The highest BCUT2D eigenvalue weighted by Gasteiger charge is 2.33. The quantitative estimate of drug-likeness (QED) is 0.226. The highest BCUT2D eigenvalue weighted by atomic mass is 32.2.